The molecule has 0 aliphatic carbocycles. The summed E-state index contributed by atoms with van der Waals surface area (Å²) in [6.07, 6.45) is 0.863. The van der Waals surface area contributed by atoms with Crippen LogP contribution >= 0.6 is 0 Å². The molecule has 2 nitrogen and oxygen atoms in total. The van der Waals surface area contributed by atoms with E-state index in [1.807, 2.05) is 13.0 Å². The Morgan fingerprint density at radius 2 is 2.31 bits per heavy atom. The summed E-state index contributed by atoms with van der Waals surface area (Å²) in [5.41, 5.74) is 0.244. The second-order valence-corrected chi connectivity index (χ2v) is 2.60. The molecule has 1 aromatic carbocycles. The van der Waals surface area contributed by atoms with E-state index in [-0.39, 0.29) is 5.56 Å². The Hall–Kier alpha value is -1.56. The summed E-state index contributed by atoms with van der Waals surface area (Å²) in [5.74, 6) is 0.0335. The van der Waals surface area contributed by atoms with E-state index in [2.05, 4.69) is 0 Å². The minimum absolute atomic E-state index is 0.244. The van der Waals surface area contributed by atoms with Gasteiger partial charge in [-0.25, -0.2) is 4.39 Å². The van der Waals surface area contributed by atoms with E-state index < -0.39 is 5.82 Å². The van der Waals surface area contributed by atoms with E-state index in [9.17, 15) is 4.39 Å². The van der Waals surface area contributed by atoms with Crippen molar-refractivity contribution in [3.63, 3.8) is 0 Å². The lowest BCUT2D eigenvalue weighted by atomic mass is 10.2. The van der Waals surface area contributed by atoms with Gasteiger partial charge in [0.15, 0.2) is 0 Å². The number of benzene rings is 1. The Balaban J connectivity index is 2.88. The summed E-state index contributed by atoms with van der Waals surface area (Å²) < 4.78 is 17.9. The molecule has 0 atom stereocenters. The van der Waals surface area contributed by atoms with Crippen molar-refractivity contribution in [2.75, 3.05) is 6.61 Å². The van der Waals surface area contributed by atoms with Gasteiger partial charge in [0.25, 0.3) is 0 Å². The third-order valence-electron chi connectivity index (χ3n) is 1.52. The molecule has 3 heteroatoms. The molecule has 0 fully saturated rings. The molecule has 0 heterocycles. The maximum atomic E-state index is 12.6. The summed E-state index contributed by atoms with van der Waals surface area (Å²) in [5, 5.41) is 8.65. The number of rotatable bonds is 3. The van der Waals surface area contributed by atoms with Crippen molar-refractivity contribution in [3.8, 4) is 11.8 Å². The van der Waals surface area contributed by atoms with Gasteiger partial charge in [0.2, 0.25) is 0 Å². The zero-order valence-corrected chi connectivity index (χ0v) is 7.38. The normalized spacial score (nSPS) is 9.31. The fourth-order valence-corrected chi connectivity index (χ4v) is 0.927. The smallest absolute Gasteiger partial charge is 0.137 e. The monoisotopic (exact) mass is 179 g/mol. The van der Waals surface area contributed by atoms with Crippen molar-refractivity contribution in [3.05, 3.63) is 29.6 Å². The van der Waals surface area contributed by atoms with Crippen LogP contribution in [0.25, 0.3) is 0 Å². The molecule has 0 aromatic heterocycles. The zero-order valence-electron chi connectivity index (χ0n) is 7.38. The Morgan fingerprint density at radius 1 is 1.54 bits per heavy atom. The van der Waals surface area contributed by atoms with Crippen molar-refractivity contribution in [1.29, 1.82) is 5.26 Å². The second-order valence-electron chi connectivity index (χ2n) is 2.60. The molecular weight excluding hydrogens is 169 g/mol. The summed E-state index contributed by atoms with van der Waals surface area (Å²) >= 11 is 0. The highest BCUT2D eigenvalue weighted by Gasteiger charge is 2.03. The van der Waals surface area contributed by atoms with Crippen LogP contribution in [0.2, 0.25) is 0 Å². The molecule has 0 amide bonds. The summed E-state index contributed by atoms with van der Waals surface area (Å²) in [7, 11) is 0. The summed E-state index contributed by atoms with van der Waals surface area (Å²) in [4.78, 5) is 0. The fourth-order valence-electron chi connectivity index (χ4n) is 0.927. The maximum Gasteiger partial charge on any atom is 0.137 e. The highest BCUT2D eigenvalue weighted by Crippen LogP contribution is 2.18. The van der Waals surface area contributed by atoms with E-state index in [0.717, 1.165) is 6.42 Å². The Labute approximate surface area is 76.6 Å². The molecule has 0 aliphatic heterocycles. The molecule has 0 saturated heterocycles. The zero-order chi connectivity index (χ0) is 9.68. The summed E-state index contributed by atoms with van der Waals surface area (Å²) in [6.45, 7) is 2.51. The van der Waals surface area contributed by atoms with Crippen LogP contribution in [0.4, 0.5) is 4.39 Å². The van der Waals surface area contributed by atoms with E-state index in [1.54, 1.807) is 0 Å². The van der Waals surface area contributed by atoms with Crippen LogP contribution in [-0.4, -0.2) is 6.61 Å². The van der Waals surface area contributed by atoms with E-state index in [0.29, 0.717) is 12.4 Å². The highest BCUT2D eigenvalue weighted by atomic mass is 19.1. The Kier molecular flexibility index (Phi) is 3.27. The van der Waals surface area contributed by atoms with Crippen molar-refractivity contribution in [2.24, 2.45) is 0 Å². The largest absolute Gasteiger partial charge is 0.492 e. The standard InChI is InChI=1S/C10H10FNO/c1-2-5-13-10-4-3-9(11)6-8(10)7-12/h3-4,6H,2,5H2,1H3. The van der Waals surface area contributed by atoms with Crippen LogP contribution in [0.15, 0.2) is 18.2 Å². The fraction of sp³-hybridized carbons (Fsp3) is 0.300. The van der Waals surface area contributed by atoms with Gasteiger partial charge in [-0.2, -0.15) is 5.26 Å². The average molecular weight is 179 g/mol. The van der Waals surface area contributed by atoms with Crippen LogP contribution in [0, 0.1) is 17.1 Å². The highest BCUT2D eigenvalue weighted by molar-refractivity contribution is 5.42. The van der Waals surface area contributed by atoms with Crippen molar-refractivity contribution < 1.29 is 9.13 Å². The third kappa shape index (κ3) is 2.45. The lowest BCUT2D eigenvalue weighted by Gasteiger charge is -2.05. The molecule has 0 spiro atoms. The molecule has 13 heavy (non-hydrogen) atoms. The number of ether oxygens (including phenoxy) is 1. The van der Waals surface area contributed by atoms with Gasteiger partial charge in [0.1, 0.15) is 17.6 Å². The molecule has 1 rings (SSSR count). The van der Waals surface area contributed by atoms with Gasteiger partial charge in [0, 0.05) is 0 Å². The first-order chi connectivity index (χ1) is 6.27. The number of hydrogen-bond acceptors (Lipinski definition) is 2. The van der Waals surface area contributed by atoms with Crippen LogP contribution in [-0.2, 0) is 0 Å². The molecule has 0 unspecified atom stereocenters. The third-order valence-corrected chi connectivity index (χ3v) is 1.52. The van der Waals surface area contributed by atoms with Crippen LogP contribution in [0.5, 0.6) is 5.75 Å². The van der Waals surface area contributed by atoms with Crippen molar-refractivity contribution >= 4 is 0 Å². The molecule has 1 aromatic rings. The summed E-state index contributed by atoms with van der Waals surface area (Å²) in [6, 6.07) is 5.81. The lowest BCUT2D eigenvalue weighted by molar-refractivity contribution is 0.316. The first kappa shape index (κ1) is 9.53. The van der Waals surface area contributed by atoms with E-state index >= 15 is 0 Å². The number of halogens is 1. The predicted octanol–water partition coefficient (Wildman–Crippen LogP) is 2.49. The first-order valence-corrected chi connectivity index (χ1v) is 4.10. The minimum Gasteiger partial charge on any atom is -0.492 e. The topological polar surface area (TPSA) is 33.0 Å². The van der Waals surface area contributed by atoms with Crippen molar-refractivity contribution in [1.82, 2.24) is 0 Å². The van der Waals surface area contributed by atoms with Gasteiger partial charge in [-0.05, 0) is 24.6 Å². The van der Waals surface area contributed by atoms with Gasteiger partial charge >= 0.3 is 0 Å². The number of nitrogens with zero attached hydrogens (tertiary/aromatic N) is 1. The van der Waals surface area contributed by atoms with Gasteiger partial charge in [-0.1, -0.05) is 6.92 Å². The van der Waals surface area contributed by atoms with Crippen molar-refractivity contribution in [2.45, 2.75) is 13.3 Å². The lowest BCUT2D eigenvalue weighted by Crippen LogP contribution is -1.97. The quantitative estimate of drug-likeness (QED) is 0.714. The SMILES string of the molecule is CCCOc1ccc(F)cc1C#N. The van der Waals surface area contributed by atoms with Gasteiger partial charge in [0.05, 0.1) is 12.2 Å². The average Bonchev–Trinajstić information content (AvgIpc) is 2.16. The first-order valence-electron chi connectivity index (χ1n) is 4.10. The maximum absolute atomic E-state index is 12.6. The van der Waals surface area contributed by atoms with Gasteiger partial charge < -0.3 is 4.74 Å². The predicted molar refractivity (Wildman–Crippen MR) is 46.9 cm³/mol. The Morgan fingerprint density at radius 3 is 2.92 bits per heavy atom. The van der Waals surface area contributed by atoms with Crippen LogP contribution in [0.3, 0.4) is 0 Å². The molecule has 0 N–H and O–H groups in total. The van der Waals surface area contributed by atoms with Gasteiger partial charge in [-0.3, -0.25) is 0 Å². The number of hydrogen-bond donors (Lipinski definition) is 0. The Bertz CT molecular complexity index is 330. The van der Waals surface area contributed by atoms with Gasteiger partial charge in [-0.15, -0.1) is 0 Å². The molecule has 0 saturated carbocycles. The molecule has 0 aliphatic rings. The van der Waals surface area contributed by atoms with E-state index in [4.69, 9.17) is 10.00 Å². The minimum atomic E-state index is -0.416. The molecule has 0 radical (unpaired) electrons. The molecular formula is C10H10FNO. The van der Waals surface area contributed by atoms with Crippen LogP contribution in [0.1, 0.15) is 18.9 Å². The van der Waals surface area contributed by atoms with E-state index in [1.165, 1.54) is 18.2 Å². The molecule has 68 valence electrons. The van der Waals surface area contributed by atoms with Crippen LogP contribution < -0.4 is 4.74 Å². The second kappa shape index (κ2) is 4.46. The molecule has 0 bridgehead atoms. The number of nitriles is 1.